The first-order chi connectivity index (χ1) is 9.92. The van der Waals surface area contributed by atoms with Crippen molar-refractivity contribution in [2.24, 2.45) is 5.92 Å². The van der Waals surface area contributed by atoms with Gasteiger partial charge in [0, 0.05) is 31.3 Å². The van der Waals surface area contributed by atoms with Gasteiger partial charge in [0.15, 0.2) is 5.12 Å². The number of hydrogen-bond donors (Lipinski definition) is 0. The normalized spacial score (nSPS) is 18.2. The third-order valence-corrected chi connectivity index (χ3v) is 4.73. The molecule has 21 heavy (non-hydrogen) atoms. The monoisotopic (exact) mass is 307 g/mol. The molecule has 0 spiro atoms. The molecule has 0 N–H and O–H groups in total. The van der Waals surface area contributed by atoms with Crippen LogP contribution >= 0.6 is 11.8 Å². The molecule has 5 heteroatoms. The van der Waals surface area contributed by atoms with Crippen LogP contribution in [-0.2, 0) is 9.59 Å². The lowest BCUT2D eigenvalue weighted by Gasteiger charge is -2.19. The number of aryl methyl sites for hydroxylation is 2. The van der Waals surface area contributed by atoms with E-state index >= 15 is 0 Å². The van der Waals surface area contributed by atoms with E-state index in [9.17, 15) is 9.59 Å². The van der Waals surface area contributed by atoms with Gasteiger partial charge < -0.3 is 9.64 Å². The Hall–Kier alpha value is -1.49. The zero-order valence-electron chi connectivity index (χ0n) is 12.9. The predicted octanol–water partition coefficient (Wildman–Crippen LogP) is 2.94. The number of ether oxygens (including phenoxy) is 1. The van der Waals surface area contributed by atoms with E-state index < -0.39 is 0 Å². The molecule has 1 aromatic rings. The lowest BCUT2D eigenvalue weighted by Crippen LogP contribution is -2.25. The molecular formula is C16H21NO3S. The maximum absolute atomic E-state index is 12.2. The molecule has 1 fully saturated rings. The Bertz CT molecular complexity index is 548. The Balaban J connectivity index is 2.15. The molecule has 4 nitrogen and oxygen atoms in total. The average Bonchev–Trinajstić information content (AvgIpc) is 2.77. The summed E-state index contributed by atoms with van der Waals surface area (Å²) in [5.74, 6) is 1.96. The fourth-order valence-electron chi connectivity index (χ4n) is 2.78. The summed E-state index contributed by atoms with van der Waals surface area (Å²) in [7, 11) is 1.66. The fourth-order valence-corrected chi connectivity index (χ4v) is 3.48. The highest BCUT2D eigenvalue weighted by molar-refractivity contribution is 8.13. The highest BCUT2D eigenvalue weighted by Crippen LogP contribution is 2.32. The Morgan fingerprint density at radius 1 is 1.38 bits per heavy atom. The van der Waals surface area contributed by atoms with Crippen LogP contribution in [0.25, 0.3) is 0 Å². The Kier molecular flexibility index (Phi) is 4.93. The maximum Gasteiger partial charge on any atom is 0.227 e. The van der Waals surface area contributed by atoms with E-state index in [1.807, 2.05) is 30.9 Å². The van der Waals surface area contributed by atoms with Crippen molar-refractivity contribution in [3.63, 3.8) is 0 Å². The number of methoxy groups -OCH3 is 1. The molecule has 0 radical (unpaired) electrons. The van der Waals surface area contributed by atoms with E-state index in [0.29, 0.717) is 18.7 Å². The van der Waals surface area contributed by atoms with Crippen LogP contribution in [0.3, 0.4) is 0 Å². The number of thioether (sulfide) groups is 1. The molecule has 1 heterocycles. The standard InChI is InChI=1S/C16H21NO3S/c1-10-5-14(6-11(2)16(10)20-4)17-8-13(7-15(17)19)9-21-12(3)18/h5-6,13H,7-9H2,1-4H3. The highest BCUT2D eigenvalue weighted by atomic mass is 32.2. The molecule has 1 atom stereocenters. The quantitative estimate of drug-likeness (QED) is 0.858. The van der Waals surface area contributed by atoms with Gasteiger partial charge in [0.1, 0.15) is 5.75 Å². The van der Waals surface area contributed by atoms with Crippen LogP contribution in [-0.4, -0.2) is 30.4 Å². The highest BCUT2D eigenvalue weighted by Gasteiger charge is 2.31. The van der Waals surface area contributed by atoms with E-state index in [1.165, 1.54) is 11.8 Å². The van der Waals surface area contributed by atoms with Gasteiger partial charge in [0.2, 0.25) is 5.91 Å². The molecule has 1 saturated heterocycles. The van der Waals surface area contributed by atoms with Crippen LogP contribution in [0.1, 0.15) is 24.5 Å². The Morgan fingerprint density at radius 2 is 2.00 bits per heavy atom. The molecule has 1 aromatic carbocycles. The number of carbonyl (C=O) groups is 2. The fraction of sp³-hybridized carbons (Fsp3) is 0.500. The predicted molar refractivity (Wildman–Crippen MR) is 86.1 cm³/mol. The van der Waals surface area contributed by atoms with Crippen molar-refractivity contribution in [2.45, 2.75) is 27.2 Å². The summed E-state index contributed by atoms with van der Waals surface area (Å²) in [4.78, 5) is 25.1. The van der Waals surface area contributed by atoms with Crippen LogP contribution in [0.15, 0.2) is 12.1 Å². The van der Waals surface area contributed by atoms with E-state index in [0.717, 1.165) is 22.6 Å². The Morgan fingerprint density at radius 3 is 2.52 bits per heavy atom. The van der Waals surface area contributed by atoms with Crippen molar-refractivity contribution < 1.29 is 14.3 Å². The van der Waals surface area contributed by atoms with Crippen molar-refractivity contribution in [2.75, 3.05) is 24.3 Å². The molecule has 114 valence electrons. The lowest BCUT2D eigenvalue weighted by molar-refractivity contribution is -0.117. The second-order valence-electron chi connectivity index (χ2n) is 5.49. The number of amides is 1. The summed E-state index contributed by atoms with van der Waals surface area (Å²) in [5, 5.41) is 0.108. The average molecular weight is 307 g/mol. The summed E-state index contributed by atoms with van der Waals surface area (Å²) in [6, 6.07) is 3.98. The Labute approximate surface area is 129 Å². The summed E-state index contributed by atoms with van der Waals surface area (Å²) in [6.45, 7) is 6.22. The van der Waals surface area contributed by atoms with Gasteiger partial charge in [-0.15, -0.1) is 0 Å². The minimum Gasteiger partial charge on any atom is -0.496 e. The third-order valence-electron chi connectivity index (χ3n) is 3.69. The summed E-state index contributed by atoms with van der Waals surface area (Å²) < 4.78 is 5.36. The molecule has 0 bridgehead atoms. The number of benzene rings is 1. The maximum atomic E-state index is 12.2. The van der Waals surface area contributed by atoms with Gasteiger partial charge in [-0.05, 0) is 43.0 Å². The van der Waals surface area contributed by atoms with Crippen molar-refractivity contribution >= 4 is 28.5 Å². The van der Waals surface area contributed by atoms with Crippen LogP contribution < -0.4 is 9.64 Å². The van der Waals surface area contributed by atoms with E-state index in [4.69, 9.17) is 4.74 Å². The molecule has 1 unspecified atom stereocenters. The van der Waals surface area contributed by atoms with E-state index in [1.54, 1.807) is 14.0 Å². The van der Waals surface area contributed by atoms with Crippen molar-refractivity contribution in [1.82, 2.24) is 0 Å². The smallest absolute Gasteiger partial charge is 0.227 e. The molecule has 2 rings (SSSR count). The van der Waals surface area contributed by atoms with Crippen LogP contribution in [0.5, 0.6) is 5.75 Å². The second-order valence-corrected chi connectivity index (χ2v) is 6.69. The molecule has 0 saturated carbocycles. The zero-order chi connectivity index (χ0) is 15.6. The van der Waals surface area contributed by atoms with Gasteiger partial charge in [0.05, 0.1) is 7.11 Å². The van der Waals surface area contributed by atoms with Crippen LogP contribution in [0, 0.1) is 19.8 Å². The van der Waals surface area contributed by atoms with Crippen molar-refractivity contribution in [3.05, 3.63) is 23.3 Å². The molecule has 1 aliphatic heterocycles. The van der Waals surface area contributed by atoms with Gasteiger partial charge in [-0.2, -0.15) is 0 Å². The summed E-state index contributed by atoms with van der Waals surface area (Å²) in [6.07, 6.45) is 0.518. The largest absolute Gasteiger partial charge is 0.496 e. The lowest BCUT2D eigenvalue weighted by atomic mass is 10.1. The summed E-state index contributed by atoms with van der Waals surface area (Å²) >= 11 is 1.30. The molecule has 0 aliphatic carbocycles. The minimum absolute atomic E-state index is 0.108. The van der Waals surface area contributed by atoms with Crippen LogP contribution in [0.4, 0.5) is 5.69 Å². The first kappa shape index (κ1) is 15.9. The van der Waals surface area contributed by atoms with Gasteiger partial charge in [0.25, 0.3) is 0 Å². The second kappa shape index (κ2) is 6.52. The first-order valence-corrected chi connectivity index (χ1v) is 8.00. The topological polar surface area (TPSA) is 46.6 Å². The third kappa shape index (κ3) is 3.59. The van der Waals surface area contributed by atoms with Crippen molar-refractivity contribution in [1.29, 1.82) is 0 Å². The molecule has 1 aliphatic rings. The molecular weight excluding hydrogens is 286 g/mol. The SMILES string of the molecule is COc1c(C)cc(N2CC(CSC(C)=O)CC2=O)cc1C. The number of carbonyl (C=O) groups excluding carboxylic acids is 2. The van der Waals surface area contributed by atoms with Crippen molar-refractivity contribution in [3.8, 4) is 5.75 Å². The van der Waals surface area contributed by atoms with E-state index in [2.05, 4.69) is 0 Å². The zero-order valence-corrected chi connectivity index (χ0v) is 13.8. The number of anilines is 1. The first-order valence-electron chi connectivity index (χ1n) is 7.01. The molecule has 0 aromatic heterocycles. The van der Waals surface area contributed by atoms with E-state index in [-0.39, 0.29) is 16.9 Å². The minimum atomic E-state index is 0.108. The van der Waals surface area contributed by atoms with Gasteiger partial charge in [-0.1, -0.05) is 11.8 Å². The van der Waals surface area contributed by atoms with Gasteiger partial charge in [-0.3, -0.25) is 9.59 Å². The number of rotatable bonds is 4. The van der Waals surface area contributed by atoms with Gasteiger partial charge in [-0.25, -0.2) is 0 Å². The van der Waals surface area contributed by atoms with Gasteiger partial charge >= 0.3 is 0 Å². The summed E-state index contributed by atoms with van der Waals surface area (Å²) in [5.41, 5.74) is 2.98. The number of nitrogens with zero attached hydrogens (tertiary/aromatic N) is 1. The molecule has 1 amide bonds. The number of hydrogen-bond acceptors (Lipinski definition) is 4. The van der Waals surface area contributed by atoms with Crippen LogP contribution in [0.2, 0.25) is 0 Å².